The minimum atomic E-state index is 0.0584. The van der Waals surface area contributed by atoms with Gasteiger partial charge in [0, 0.05) is 36.8 Å². The third-order valence-corrected chi connectivity index (χ3v) is 5.55. The van der Waals surface area contributed by atoms with Crippen LogP contribution < -0.4 is 5.32 Å². The molecule has 1 aromatic rings. The third-order valence-electron chi connectivity index (χ3n) is 4.47. The molecule has 2 aliphatic rings. The lowest BCUT2D eigenvalue weighted by Gasteiger charge is -2.47. The second-order valence-electron chi connectivity index (χ2n) is 6.25. The Bertz CT molecular complexity index is 397. The van der Waals surface area contributed by atoms with E-state index in [1.165, 1.54) is 24.4 Å². The maximum Gasteiger partial charge on any atom is 0.112 e. The van der Waals surface area contributed by atoms with Gasteiger partial charge in [-0.05, 0) is 39.5 Å². The predicted octanol–water partition coefficient (Wildman–Crippen LogP) is 2.45. The summed E-state index contributed by atoms with van der Waals surface area (Å²) in [6, 6.07) is 1.28. The van der Waals surface area contributed by atoms with Crippen molar-refractivity contribution in [2.75, 3.05) is 13.1 Å². The Morgan fingerprint density at radius 3 is 2.83 bits per heavy atom. The maximum absolute atomic E-state index is 4.54. The zero-order valence-electron chi connectivity index (χ0n) is 11.5. The molecule has 0 aromatic carbocycles. The van der Waals surface area contributed by atoms with Gasteiger partial charge in [0.05, 0.1) is 5.54 Å². The Morgan fingerprint density at radius 1 is 1.44 bits per heavy atom. The van der Waals surface area contributed by atoms with E-state index in [1.807, 2.05) is 6.20 Å². The second kappa shape index (κ2) is 4.58. The molecule has 2 unspecified atom stereocenters. The Morgan fingerprint density at radius 2 is 2.22 bits per heavy atom. The number of thiazole rings is 1. The molecule has 2 fully saturated rings. The minimum absolute atomic E-state index is 0.0584. The molecule has 1 saturated carbocycles. The summed E-state index contributed by atoms with van der Waals surface area (Å²) in [5.41, 5.74) is 0.0584. The summed E-state index contributed by atoms with van der Waals surface area (Å²) in [6.07, 6.45) is 4.75. The van der Waals surface area contributed by atoms with E-state index in [0.29, 0.717) is 12.1 Å². The van der Waals surface area contributed by atoms with Crippen molar-refractivity contribution in [1.29, 1.82) is 0 Å². The molecule has 18 heavy (non-hydrogen) atoms. The van der Waals surface area contributed by atoms with E-state index in [9.17, 15) is 0 Å². The Labute approximate surface area is 114 Å². The average molecular weight is 265 g/mol. The summed E-state index contributed by atoms with van der Waals surface area (Å²) in [4.78, 5) is 7.18. The number of aromatic nitrogens is 1. The highest BCUT2D eigenvalue weighted by molar-refractivity contribution is 7.09. The number of nitrogens with one attached hydrogen (secondary N) is 1. The van der Waals surface area contributed by atoms with Gasteiger partial charge >= 0.3 is 0 Å². The fourth-order valence-electron chi connectivity index (χ4n) is 3.13. The normalized spacial score (nSPS) is 30.6. The fraction of sp³-hybridized carbons (Fsp3) is 0.786. The van der Waals surface area contributed by atoms with Gasteiger partial charge in [-0.2, -0.15) is 0 Å². The monoisotopic (exact) mass is 265 g/mol. The summed E-state index contributed by atoms with van der Waals surface area (Å²) in [5, 5.41) is 7.05. The van der Waals surface area contributed by atoms with E-state index in [0.717, 1.165) is 12.5 Å². The van der Waals surface area contributed by atoms with Crippen molar-refractivity contribution in [2.45, 2.75) is 51.2 Å². The van der Waals surface area contributed by atoms with Gasteiger partial charge in [0.1, 0.15) is 5.01 Å². The standard InChI is InChI=1S/C14H23N3S/c1-10-8-16-12(11-4-5-11)9-17(10)14(2,3)13-15-6-7-18-13/h6-7,10-12,16H,4-5,8-9H2,1-3H3. The van der Waals surface area contributed by atoms with E-state index in [1.54, 1.807) is 11.3 Å². The van der Waals surface area contributed by atoms with Crippen molar-refractivity contribution >= 4 is 11.3 Å². The molecule has 1 saturated heterocycles. The molecule has 0 radical (unpaired) electrons. The van der Waals surface area contributed by atoms with E-state index >= 15 is 0 Å². The highest BCUT2D eigenvalue weighted by Crippen LogP contribution is 2.38. The first-order valence-electron chi connectivity index (χ1n) is 6.99. The smallest absolute Gasteiger partial charge is 0.112 e. The molecule has 100 valence electrons. The summed E-state index contributed by atoms with van der Waals surface area (Å²) in [5.74, 6) is 0.923. The lowest BCUT2D eigenvalue weighted by molar-refractivity contribution is 0.0318. The summed E-state index contributed by atoms with van der Waals surface area (Å²) in [6.45, 7) is 9.23. The van der Waals surface area contributed by atoms with Gasteiger partial charge in [0.25, 0.3) is 0 Å². The predicted molar refractivity (Wildman–Crippen MR) is 75.8 cm³/mol. The van der Waals surface area contributed by atoms with Crippen molar-refractivity contribution in [3.05, 3.63) is 16.6 Å². The number of nitrogens with zero attached hydrogens (tertiary/aromatic N) is 2. The minimum Gasteiger partial charge on any atom is -0.311 e. The number of piperazine rings is 1. The van der Waals surface area contributed by atoms with Gasteiger partial charge in [-0.1, -0.05) is 0 Å². The summed E-state index contributed by atoms with van der Waals surface area (Å²) < 4.78 is 0. The zero-order chi connectivity index (χ0) is 12.8. The van der Waals surface area contributed by atoms with Crippen LogP contribution in [0.25, 0.3) is 0 Å². The molecule has 2 heterocycles. The Kier molecular flexibility index (Phi) is 3.20. The van der Waals surface area contributed by atoms with Crippen LogP contribution in [0.2, 0.25) is 0 Å². The first-order chi connectivity index (χ1) is 8.59. The highest BCUT2D eigenvalue weighted by Gasteiger charge is 2.42. The van der Waals surface area contributed by atoms with E-state index in [-0.39, 0.29) is 5.54 Å². The lowest BCUT2D eigenvalue weighted by Crippen LogP contribution is -2.61. The first-order valence-corrected chi connectivity index (χ1v) is 7.87. The van der Waals surface area contributed by atoms with Crippen molar-refractivity contribution in [1.82, 2.24) is 15.2 Å². The van der Waals surface area contributed by atoms with Crippen LogP contribution in [0.5, 0.6) is 0 Å². The fourth-order valence-corrected chi connectivity index (χ4v) is 3.91. The zero-order valence-corrected chi connectivity index (χ0v) is 12.3. The molecule has 4 heteroatoms. The van der Waals surface area contributed by atoms with Crippen LogP contribution >= 0.6 is 11.3 Å². The number of rotatable bonds is 3. The van der Waals surface area contributed by atoms with E-state index < -0.39 is 0 Å². The van der Waals surface area contributed by atoms with Crippen molar-refractivity contribution < 1.29 is 0 Å². The number of hydrogen-bond acceptors (Lipinski definition) is 4. The molecule has 0 spiro atoms. The van der Waals surface area contributed by atoms with Crippen LogP contribution in [-0.4, -0.2) is 35.1 Å². The first kappa shape index (κ1) is 12.6. The third kappa shape index (κ3) is 2.22. The Balaban J connectivity index is 1.79. The lowest BCUT2D eigenvalue weighted by atomic mass is 9.96. The van der Waals surface area contributed by atoms with Crippen LogP contribution in [0.15, 0.2) is 11.6 Å². The van der Waals surface area contributed by atoms with Gasteiger partial charge in [0.2, 0.25) is 0 Å². The molecule has 1 aromatic heterocycles. The molecule has 0 bridgehead atoms. The van der Waals surface area contributed by atoms with Gasteiger partial charge < -0.3 is 5.32 Å². The highest BCUT2D eigenvalue weighted by atomic mass is 32.1. The molecule has 1 aliphatic carbocycles. The van der Waals surface area contributed by atoms with Crippen LogP contribution in [0.1, 0.15) is 38.6 Å². The number of hydrogen-bond donors (Lipinski definition) is 1. The Hall–Kier alpha value is -0.450. The van der Waals surface area contributed by atoms with Gasteiger partial charge in [-0.3, -0.25) is 4.90 Å². The topological polar surface area (TPSA) is 28.2 Å². The van der Waals surface area contributed by atoms with Crippen molar-refractivity contribution in [2.24, 2.45) is 5.92 Å². The maximum atomic E-state index is 4.54. The second-order valence-corrected chi connectivity index (χ2v) is 7.14. The van der Waals surface area contributed by atoms with Gasteiger partial charge in [-0.25, -0.2) is 4.98 Å². The van der Waals surface area contributed by atoms with E-state index in [4.69, 9.17) is 0 Å². The largest absolute Gasteiger partial charge is 0.311 e. The molecular formula is C14H23N3S. The molecule has 1 aliphatic heterocycles. The summed E-state index contributed by atoms with van der Waals surface area (Å²) >= 11 is 1.78. The van der Waals surface area contributed by atoms with Gasteiger partial charge in [0.15, 0.2) is 0 Å². The quantitative estimate of drug-likeness (QED) is 0.910. The van der Waals surface area contributed by atoms with Crippen LogP contribution in [0.4, 0.5) is 0 Å². The summed E-state index contributed by atoms with van der Waals surface area (Å²) in [7, 11) is 0. The SMILES string of the molecule is CC1CNC(C2CC2)CN1C(C)(C)c1nccs1. The van der Waals surface area contributed by atoms with Crippen molar-refractivity contribution in [3.63, 3.8) is 0 Å². The molecule has 3 rings (SSSR count). The molecule has 2 atom stereocenters. The molecule has 1 N–H and O–H groups in total. The van der Waals surface area contributed by atoms with Crippen LogP contribution in [0.3, 0.4) is 0 Å². The average Bonchev–Trinajstić information content (AvgIpc) is 3.04. The molecule has 3 nitrogen and oxygen atoms in total. The molecular weight excluding hydrogens is 242 g/mol. The van der Waals surface area contributed by atoms with Gasteiger partial charge in [-0.15, -0.1) is 11.3 Å². The van der Waals surface area contributed by atoms with Crippen LogP contribution in [-0.2, 0) is 5.54 Å². The molecule has 0 amide bonds. The van der Waals surface area contributed by atoms with Crippen molar-refractivity contribution in [3.8, 4) is 0 Å². The van der Waals surface area contributed by atoms with E-state index in [2.05, 4.69) is 41.4 Å². The van der Waals surface area contributed by atoms with Crippen LogP contribution in [0, 0.1) is 5.92 Å².